The van der Waals surface area contributed by atoms with Gasteiger partial charge in [0.2, 0.25) is 16.6 Å². The summed E-state index contributed by atoms with van der Waals surface area (Å²) in [5.41, 5.74) is 2.69. The minimum absolute atomic E-state index is 0.366. The first-order valence-corrected chi connectivity index (χ1v) is 14.1. The summed E-state index contributed by atoms with van der Waals surface area (Å²) in [6.45, 7) is 20.2. The zero-order valence-corrected chi connectivity index (χ0v) is 16.8. The third kappa shape index (κ3) is 3.79. The summed E-state index contributed by atoms with van der Waals surface area (Å²) in [7, 11) is -3.25. The molecule has 0 saturated carbocycles. The van der Waals surface area contributed by atoms with Gasteiger partial charge in [-0.25, -0.2) is 0 Å². The van der Waals surface area contributed by atoms with Gasteiger partial charge in [0.15, 0.2) is 0 Å². The Morgan fingerprint density at radius 3 is 1.80 bits per heavy atom. The van der Waals surface area contributed by atoms with Gasteiger partial charge in [0, 0.05) is 5.92 Å². The van der Waals surface area contributed by atoms with E-state index in [4.69, 9.17) is 8.85 Å². The lowest BCUT2D eigenvalue weighted by atomic mass is 10.0. The Bertz CT molecular complexity index is 434. The SMILES string of the molecule is CC[Si](C)(C)OC1=C(O[Si](C)(C)CC)C(C)C(C)=C1C. The molecule has 0 aromatic carbocycles. The van der Waals surface area contributed by atoms with Gasteiger partial charge in [-0.05, 0) is 57.7 Å². The van der Waals surface area contributed by atoms with Crippen LogP contribution in [0.3, 0.4) is 0 Å². The first-order valence-electron chi connectivity index (χ1n) is 7.84. The van der Waals surface area contributed by atoms with E-state index >= 15 is 0 Å². The van der Waals surface area contributed by atoms with E-state index < -0.39 is 16.6 Å². The Morgan fingerprint density at radius 2 is 1.35 bits per heavy atom. The number of hydrogen-bond donors (Lipinski definition) is 0. The van der Waals surface area contributed by atoms with Crippen molar-refractivity contribution < 1.29 is 8.85 Å². The van der Waals surface area contributed by atoms with Gasteiger partial charge in [0.1, 0.15) is 11.5 Å². The zero-order chi connectivity index (χ0) is 15.7. The van der Waals surface area contributed by atoms with Crippen molar-refractivity contribution in [2.45, 2.75) is 72.9 Å². The molecule has 1 atom stereocenters. The third-order valence-corrected chi connectivity index (χ3v) is 9.60. The van der Waals surface area contributed by atoms with Gasteiger partial charge in [-0.3, -0.25) is 0 Å². The Hall–Kier alpha value is -0.486. The number of rotatable bonds is 6. The van der Waals surface area contributed by atoms with E-state index in [2.05, 4.69) is 60.8 Å². The van der Waals surface area contributed by atoms with Crippen LogP contribution in [-0.2, 0) is 8.85 Å². The van der Waals surface area contributed by atoms with Crippen LogP contribution in [0.25, 0.3) is 0 Å². The second-order valence-corrected chi connectivity index (χ2v) is 16.0. The van der Waals surface area contributed by atoms with Crippen LogP contribution in [0.15, 0.2) is 22.7 Å². The van der Waals surface area contributed by atoms with Crippen molar-refractivity contribution in [2.24, 2.45) is 5.92 Å². The molecule has 0 spiro atoms. The summed E-state index contributed by atoms with van der Waals surface area (Å²) in [6.07, 6.45) is 0. The fraction of sp³-hybridized carbons (Fsp3) is 0.750. The summed E-state index contributed by atoms with van der Waals surface area (Å²) in [4.78, 5) is 0. The molecule has 20 heavy (non-hydrogen) atoms. The molecule has 0 N–H and O–H groups in total. The summed E-state index contributed by atoms with van der Waals surface area (Å²) < 4.78 is 12.9. The highest BCUT2D eigenvalue weighted by Gasteiger charge is 2.36. The van der Waals surface area contributed by atoms with Crippen LogP contribution < -0.4 is 0 Å². The molecule has 1 aliphatic carbocycles. The average molecular weight is 313 g/mol. The van der Waals surface area contributed by atoms with Crippen molar-refractivity contribution in [1.29, 1.82) is 0 Å². The quantitative estimate of drug-likeness (QED) is 0.588. The van der Waals surface area contributed by atoms with Gasteiger partial charge in [0.25, 0.3) is 0 Å². The van der Waals surface area contributed by atoms with Crippen LogP contribution in [0.2, 0.25) is 38.3 Å². The highest BCUT2D eigenvalue weighted by atomic mass is 28.4. The highest BCUT2D eigenvalue weighted by Crippen LogP contribution is 2.41. The summed E-state index contributed by atoms with van der Waals surface area (Å²) in [5.74, 6) is 2.53. The predicted octanol–water partition coefficient (Wildman–Crippen LogP) is 5.67. The molecule has 0 aromatic heterocycles. The lowest BCUT2D eigenvalue weighted by Crippen LogP contribution is -2.32. The minimum Gasteiger partial charge on any atom is -0.544 e. The van der Waals surface area contributed by atoms with Crippen LogP contribution in [-0.4, -0.2) is 16.6 Å². The van der Waals surface area contributed by atoms with Gasteiger partial charge in [-0.1, -0.05) is 26.3 Å². The van der Waals surface area contributed by atoms with Crippen LogP contribution in [0.4, 0.5) is 0 Å². The molecule has 0 saturated heterocycles. The van der Waals surface area contributed by atoms with E-state index in [1.54, 1.807) is 0 Å². The Labute approximate surface area is 127 Å². The summed E-state index contributed by atoms with van der Waals surface area (Å²) in [5, 5.41) is 0. The molecule has 0 aromatic rings. The van der Waals surface area contributed by atoms with Crippen molar-refractivity contribution in [3.05, 3.63) is 22.7 Å². The summed E-state index contributed by atoms with van der Waals surface area (Å²) >= 11 is 0. The van der Waals surface area contributed by atoms with Crippen molar-refractivity contribution in [3.8, 4) is 0 Å². The van der Waals surface area contributed by atoms with E-state index in [0.717, 1.165) is 23.6 Å². The minimum atomic E-state index is -1.63. The zero-order valence-electron chi connectivity index (χ0n) is 14.8. The van der Waals surface area contributed by atoms with Crippen molar-refractivity contribution in [1.82, 2.24) is 0 Å². The predicted molar refractivity (Wildman–Crippen MR) is 92.7 cm³/mol. The third-order valence-electron chi connectivity index (χ3n) is 4.67. The molecule has 1 rings (SSSR count). The molecular weight excluding hydrogens is 280 g/mol. The van der Waals surface area contributed by atoms with E-state index in [1.165, 1.54) is 11.1 Å². The lowest BCUT2D eigenvalue weighted by molar-refractivity contribution is 0.323. The van der Waals surface area contributed by atoms with Crippen LogP contribution >= 0.6 is 0 Å². The standard InChI is InChI=1S/C16H32O2Si2/c1-10-19(6,7)17-15-13(4)12(3)14(5)16(15)18-20(8,9)11-2/h13H,10-11H2,1-9H3. The monoisotopic (exact) mass is 312 g/mol. The molecule has 0 radical (unpaired) electrons. The van der Waals surface area contributed by atoms with Gasteiger partial charge in [0.05, 0.1) is 0 Å². The second-order valence-electron chi connectivity index (χ2n) is 7.15. The lowest BCUT2D eigenvalue weighted by Gasteiger charge is -2.30. The maximum atomic E-state index is 6.48. The topological polar surface area (TPSA) is 18.5 Å². The van der Waals surface area contributed by atoms with Crippen LogP contribution in [0, 0.1) is 5.92 Å². The van der Waals surface area contributed by atoms with E-state index in [-0.39, 0.29) is 0 Å². The molecule has 0 fully saturated rings. The van der Waals surface area contributed by atoms with Gasteiger partial charge in [-0.15, -0.1) is 0 Å². The van der Waals surface area contributed by atoms with Gasteiger partial charge >= 0.3 is 0 Å². The molecule has 0 bridgehead atoms. The fourth-order valence-electron chi connectivity index (χ4n) is 2.06. The maximum absolute atomic E-state index is 6.48. The molecule has 0 heterocycles. The molecule has 1 unspecified atom stereocenters. The normalized spacial score (nSPS) is 20.8. The first-order chi connectivity index (χ1) is 9.04. The first kappa shape index (κ1) is 17.6. The second kappa shape index (κ2) is 6.10. The molecule has 2 nitrogen and oxygen atoms in total. The van der Waals surface area contributed by atoms with Gasteiger partial charge in [-0.2, -0.15) is 0 Å². The molecule has 4 heteroatoms. The van der Waals surface area contributed by atoms with Crippen molar-refractivity contribution in [3.63, 3.8) is 0 Å². The Kier molecular flexibility index (Phi) is 5.36. The molecule has 0 aliphatic heterocycles. The smallest absolute Gasteiger partial charge is 0.245 e. The Morgan fingerprint density at radius 1 is 0.900 bits per heavy atom. The Balaban J connectivity index is 3.15. The average Bonchev–Trinajstić information content (AvgIpc) is 2.56. The van der Waals surface area contributed by atoms with E-state index in [1.807, 2.05) is 0 Å². The van der Waals surface area contributed by atoms with E-state index in [0.29, 0.717) is 5.92 Å². The molecule has 1 aliphatic rings. The van der Waals surface area contributed by atoms with Crippen molar-refractivity contribution >= 4 is 16.6 Å². The summed E-state index contributed by atoms with van der Waals surface area (Å²) in [6, 6.07) is 2.25. The molecular formula is C16H32O2Si2. The number of hydrogen-bond acceptors (Lipinski definition) is 2. The molecule has 116 valence electrons. The van der Waals surface area contributed by atoms with Gasteiger partial charge < -0.3 is 8.85 Å². The fourth-order valence-corrected chi connectivity index (χ4v) is 4.02. The van der Waals surface area contributed by atoms with Crippen LogP contribution in [0.1, 0.15) is 34.6 Å². The largest absolute Gasteiger partial charge is 0.544 e. The maximum Gasteiger partial charge on any atom is 0.245 e. The van der Waals surface area contributed by atoms with E-state index in [9.17, 15) is 0 Å². The number of allylic oxidation sites excluding steroid dienone is 2. The highest BCUT2D eigenvalue weighted by molar-refractivity contribution is 6.72. The van der Waals surface area contributed by atoms with Crippen molar-refractivity contribution in [2.75, 3.05) is 0 Å². The van der Waals surface area contributed by atoms with Crippen LogP contribution in [0.5, 0.6) is 0 Å². The molecule has 0 amide bonds.